The highest BCUT2D eigenvalue weighted by atomic mass is 35.5. The van der Waals surface area contributed by atoms with Crippen LogP contribution in [0.4, 0.5) is 10.1 Å². The number of methoxy groups -OCH3 is 1. The molecule has 0 radical (unpaired) electrons. The van der Waals surface area contributed by atoms with Crippen LogP contribution in [0.2, 0.25) is 10.0 Å². The molecule has 0 atom stereocenters. The number of aromatic nitrogens is 1. The number of rotatable bonds is 4. The molecule has 2 rings (SSSR count). The van der Waals surface area contributed by atoms with Gasteiger partial charge in [-0.15, -0.1) is 0 Å². The smallest absolute Gasteiger partial charge is 0.213 e. The van der Waals surface area contributed by atoms with E-state index in [9.17, 15) is 4.39 Å². The lowest BCUT2D eigenvalue weighted by molar-refractivity contribution is 0.396. The molecule has 0 saturated carbocycles. The number of nitrogens with one attached hydrogen (secondary N) is 1. The van der Waals surface area contributed by atoms with Gasteiger partial charge < -0.3 is 10.1 Å². The summed E-state index contributed by atoms with van der Waals surface area (Å²) >= 11 is 11.4. The first kappa shape index (κ1) is 13.9. The van der Waals surface area contributed by atoms with Crippen LogP contribution < -0.4 is 10.1 Å². The highest BCUT2D eigenvalue weighted by Gasteiger charge is 2.07. The number of nitrogens with zero attached hydrogens (tertiary/aromatic N) is 1. The van der Waals surface area contributed by atoms with Crippen molar-refractivity contribution in [2.75, 3.05) is 12.4 Å². The van der Waals surface area contributed by atoms with E-state index >= 15 is 0 Å². The molecule has 6 heteroatoms. The third-order valence-electron chi connectivity index (χ3n) is 2.45. The fourth-order valence-corrected chi connectivity index (χ4v) is 2.01. The zero-order valence-corrected chi connectivity index (χ0v) is 11.6. The highest BCUT2D eigenvalue weighted by Crippen LogP contribution is 2.27. The predicted octanol–water partition coefficient (Wildman–Crippen LogP) is 4.15. The molecular weight excluding hydrogens is 290 g/mol. The Hall–Kier alpha value is -1.52. The van der Waals surface area contributed by atoms with Crippen LogP contribution in [0, 0.1) is 5.82 Å². The summed E-state index contributed by atoms with van der Waals surface area (Å²) in [5.41, 5.74) is 1.41. The van der Waals surface area contributed by atoms with E-state index in [0.717, 1.165) is 5.69 Å². The summed E-state index contributed by atoms with van der Waals surface area (Å²) in [5.74, 6) is -0.0807. The first-order valence-corrected chi connectivity index (χ1v) is 6.24. The normalized spacial score (nSPS) is 10.3. The molecule has 0 saturated heterocycles. The van der Waals surface area contributed by atoms with E-state index in [0.29, 0.717) is 18.1 Å². The molecule has 2 aromatic rings. The van der Waals surface area contributed by atoms with Gasteiger partial charge in [0.25, 0.3) is 0 Å². The van der Waals surface area contributed by atoms with E-state index in [1.54, 1.807) is 13.2 Å². The van der Waals surface area contributed by atoms with Crippen molar-refractivity contribution in [3.8, 4) is 5.88 Å². The average molecular weight is 301 g/mol. The van der Waals surface area contributed by atoms with Gasteiger partial charge in [0, 0.05) is 11.8 Å². The van der Waals surface area contributed by atoms with Gasteiger partial charge in [-0.05, 0) is 18.2 Å². The summed E-state index contributed by atoms with van der Waals surface area (Å²) in [7, 11) is 1.55. The summed E-state index contributed by atoms with van der Waals surface area (Å²) in [4.78, 5) is 4.24. The van der Waals surface area contributed by atoms with Crippen molar-refractivity contribution < 1.29 is 9.13 Å². The van der Waals surface area contributed by atoms with Gasteiger partial charge in [0.05, 0.1) is 29.4 Å². The Morgan fingerprint density at radius 2 is 1.95 bits per heavy atom. The van der Waals surface area contributed by atoms with Gasteiger partial charge in [0.15, 0.2) is 5.82 Å². The van der Waals surface area contributed by atoms with Crippen molar-refractivity contribution in [1.29, 1.82) is 0 Å². The van der Waals surface area contributed by atoms with Crippen LogP contribution in [0.25, 0.3) is 0 Å². The topological polar surface area (TPSA) is 34.1 Å². The average Bonchev–Trinajstić information content (AvgIpc) is 2.42. The number of ether oxygens (including phenoxy) is 1. The zero-order valence-electron chi connectivity index (χ0n) is 10.1. The van der Waals surface area contributed by atoms with Crippen LogP contribution in [-0.2, 0) is 6.54 Å². The van der Waals surface area contributed by atoms with Crippen molar-refractivity contribution in [3.63, 3.8) is 0 Å². The lowest BCUT2D eigenvalue weighted by Gasteiger charge is -2.08. The molecule has 0 aliphatic carbocycles. The van der Waals surface area contributed by atoms with Crippen LogP contribution >= 0.6 is 23.2 Å². The molecule has 0 aliphatic rings. The van der Waals surface area contributed by atoms with Crippen LogP contribution in [0.3, 0.4) is 0 Å². The minimum Gasteiger partial charge on any atom is -0.481 e. The maximum absolute atomic E-state index is 13.3. The molecule has 0 unspecified atom stereocenters. The maximum Gasteiger partial charge on any atom is 0.213 e. The van der Waals surface area contributed by atoms with Crippen LogP contribution in [-0.4, -0.2) is 12.1 Å². The van der Waals surface area contributed by atoms with Crippen LogP contribution in [0.15, 0.2) is 30.3 Å². The van der Waals surface area contributed by atoms with E-state index in [1.165, 1.54) is 12.1 Å². The van der Waals surface area contributed by atoms with Crippen molar-refractivity contribution in [3.05, 3.63) is 51.9 Å². The Morgan fingerprint density at radius 3 is 2.58 bits per heavy atom. The van der Waals surface area contributed by atoms with Crippen molar-refractivity contribution in [2.24, 2.45) is 0 Å². The predicted molar refractivity (Wildman–Crippen MR) is 74.5 cm³/mol. The number of pyridine rings is 1. The first-order valence-electron chi connectivity index (χ1n) is 5.48. The minimum absolute atomic E-state index is 0.0198. The minimum atomic E-state index is -0.617. The zero-order chi connectivity index (χ0) is 13.8. The molecule has 1 N–H and O–H groups in total. The molecule has 1 aromatic heterocycles. The van der Waals surface area contributed by atoms with Crippen molar-refractivity contribution >= 4 is 28.9 Å². The van der Waals surface area contributed by atoms with E-state index < -0.39 is 5.82 Å². The van der Waals surface area contributed by atoms with Gasteiger partial charge in [-0.3, -0.25) is 0 Å². The molecule has 0 aliphatic heterocycles. The molecule has 19 heavy (non-hydrogen) atoms. The summed E-state index contributed by atoms with van der Waals surface area (Å²) < 4.78 is 18.3. The summed E-state index contributed by atoms with van der Waals surface area (Å²) in [5, 5.41) is 3.03. The summed E-state index contributed by atoms with van der Waals surface area (Å²) in [6.45, 7) is 0.454. The summed E-state index contributed by atoms with van der Waals surface area (Å²) in [6.07, 6.45) is 0. The molecule has 1 aromatic carbocycles. The Kier molecular flexibility index (Phi) is 4.45. The van der Waals surface area contributed by atoms with Crippen molar-refractivity contribution in [2.45, 2.75) is 6.54 Å². The Labute approximate surface area is 120 Å². The molecule has 3 nitrogen and oxygen atoms in total. The Bertz CT molecular complexity index is 570. The van der Waals surface area contributed by atoms with Crippen LogP contribution in [0.1, 0.15) is 5.69 Å². The lowest BCUT2D eigenvalue weighted by Crippen LogP contribution is -2.02. The number of hydrogen-bond donors (Lipinski definition) is 1. The second-order valence-electron chi connectivity index (χ2n) is 3.78. The second kappa shape index (κ2) is 6.08. The molecule has 0 amide bonds. The van der Waals surface area contributed by atoms with Gasteiger partial charge in [0.2, 0.25) is 5.88 Å². The quantitative estimate of drug-likeness (QED) is 0.861. The fraction of sp³-hybridized carbons (Fsp3) is 0.154. The van der Waals surface area contributed by atoms with E-state index in [1.807, 2.05) is 12.1 Å². The second-order valence-corrected chi connectivity index (χ2v) is 4.59. The Morgan fingerprint density at radius 1 is 1.26 bits per heavy atom. The SMILES string of the molecule is COc1cccc(CNc2cc(Cl)c(F)c(Cl)c2)n1. The third kappa shape index (κ3) is 3.49. The number of anilines is 1. The monoisotopic (exact) mass is 300 g/mol. The van der Waals surface area contributed by atoms with Gasteiger partial charge in [-0.2, -0.15) is 0 Å². The van der Waals surface area contributed by atoms with Gasteiger partial charge >= 0.3 is 0 Å². The molecule has 100 valence electrons. The molecule has 0 fully saturated rings. The summed E-state index contributed by atoms with van der Waals surface area (Å²) in [6, 6.07) is 8.40. The van der Waals surface area contributed by atoms with E-state index in [2.05, 4.69) is 10.3 Å². The number of halogens is 3. The molecular formula is C13H11Cl2FN2O. The maximum atomic E-state index is 13.3. The molecule has 0 spiro atoms. The first-order chi connectivity index (χ1) is 9.10. The van der Waals surface area contributed by atoms with Crippen LogP contribution in [0.5, 0.6) is 5.88 Å². The van der Waals surface area contributed by atoms with Gasteiger partial charge in [0.1, 0.15) is 0 Å². The number of hydrogen-bond acceptors (Lipinski definition) is 3. The molecule has 1 heterocycles. The van der Waals surface area contributed by atoms with Crippen molar-refractivity contribution in [1.82, 2.24) is 4.98 Å². The highest BCUT2D eigenvalue weighted by molar-refractivity contribution is 6.35. The van der Waals surface area contributed by atoms with E-state index in [-0.39, 0.29) is 10.0 Å². The standard InChI is InChI=1S/C13H11Cl2FN2O/c1-19-12-4-2-3-8(18-12)7-17-9-5-10(14)13(16)11(15)6-9/h2-6,17H,7H2,1H3. The largest absolute Gasteiger partial charge is 0.481 e. The lowest BCUT2D eigenvalue weighted by atomic mass is 10.3. The fourth-order valence-electron chi connectivity index (χ4n) is 1.52. The third-order valence-corrected chi connectivity index (χ3v) is 3.00. The van der Waals surface area contributed by atoms with E-state index in [4.69, 9.17) is 27.9 Å². The van der Waals surface area contributed by atoms with Gasteiger partial charge in [-0.1, -0.05) is 29.3 Å². The van der Waals surface area contributed by atoms with Gasteiger partial charge in [-0.25, -0.2) is 9.37 Å². The Balaban J connectivity index is 2.10. The number of benzene rings is 1. The molecule has 0 bridgehead atoms.